The average molecular weight is 465 g/mol. The van der Waals surface area contributed by atoms with Gasteiger partial charge >= 0.3 is 0 Å². The summed E-state index contributed by atoms with van der Waals surface area (Å²) in [5.41, 5.74) is -0.559. The molecule has 3 amide bonds. The second kappa shape index (κ2) is 11.8. The Morgan fingerprint density at radius 3 is 2.18 bits per heavy atom. The summed E-state index contributed by atoms with van der Waals surface area (Å²) < 4.78 is 0. The van der Waals surface area contributed by atoms with Crippen molar-refractivity contribution in [1.29, 1.82) is 0 Å². The Kier molecular flexibility index (Phi) is 10.3. The molecule has 1 aliphatic heterocycles. The summed E-state index contributed by atoms with van der Waals surface area (Å²) in [6, 6.07) is -2.10. The van der Waals surface area contributed by atoms with Gasteiger partial charge in [0.2, 0.25) is 17.6 Å². The number of amides is 3. The van der Waals surface area contributed by atoms with Crippen molar-refractivity contribution in [3.8, 4) is 0 Å². The van der Waals surface area contributed by atoms with Crippen LogP contribution >= 0.6 is 0 Å². The first-order valence-electron chi connectivity index (χ1n) is 11.9. The molecular formula is C25H44N4O4. The van der Waals surface area contributed by atoms with E-state index in [0.717, 1.165) is 0 Å². The normalized spacial score (nSPS) is 20.7. The van der Waals surface area contributed by atoms with Crippen molar-refractivity contribution in [2.24, 2.45) is 16.7 Å². The van der Waals surface area contributed by atoms with Gasteiger partial charge in [0.05, 0.1) is 12.1 Å². The molecule has 0 aromatic carbocycles. The first-order chi connectivity index (χ1) is 15.2. The van der Waals surface area contributed by atoms with Crippen LogP contribution in [-0.4, -0.2) is 66.7 Å². The number of likely N-dealkylation sites (tertiary alicyclic amines) is 1. The van der Waals surface area contributed by atoms with Crippen molar-refractivity contribution < 1.29 is 19.2 Å². The van der Waals surface area contributed by atoms with Gasteiger partial charge in [-0.05, 0) is 36.6 Å². The number of likely N-dealkylation sites (N-methyl/N-ethyl adjacent to an activating group) is 1. The number of ketones is 1. The van der Waals surface area contributed by atoms with E-state index in [9.17, 15) is 19.2 Å². The van der Waals surface area contributed by atoms with Crippen LogP contribution in [0.3, 0.4) is 0 Å². The fourth-order valence-corrected chi connectivity index (χ4v) is 4.59. The lowest BCUT2D eigenvalue weighted by atomic mass is 9.75. The summed E-state index contributed by atoms with van der Waals surface area (Å²) in [5.74, 6) is -2.01. The van der Waals surface area contributed by atoms with Crippen LogP contribution < -0.4 is 16.0 Å². The minimum Gasteiger partial charge on any atom is -0.346 e. The minimum atomic E-state index is -0.937. The third kappa shape index (κ3) is 7.39. The van der Waals surface area contributed by atoms with Gasteiger partial charge in [0, 0.05) is 13.1 Å². The SMILES string of the molecule is C=CCNC(=O)C(=O)C(CCC)NC(=O)[C@@H]1C(C(C)(C)C)CCN1C(=O)C(NC)C(C)(C)C. The fraction of sp³-hybridized carbons (Fsp3) is 0.760. The highest BCUT2D eigenvalue weighted by atomic mass is 16.2. The van der Waals surface area contributed by atoms with Gasteiger partial charge in [-0.3, -0.25) is 19.2 Å². The molecule has 1 aliphatic rings. The summed E-state index contributed by atoms with van der Waals surface area (Å²) in [7, 11) is 1.75. The van der Waals surface area contributed by atoms with E-state index in [1.165, 1.54) is 6.08 Å². The molecule has 0 spiro atoms. The van der Waals surface area contributed by atoms with E-state index in [0.29, 0.717) is 25.8 Å². The van der Waals surface area contributed by atoms with Crippen LogP contribution in [0, 0.1) is 16.7 Å². The summed E-state index contributed by atoms with van der Waals surface area (Å²) in [5, 5.41) is 8.40. The van der Waals surface area contributed by atoms with Crippen LogP contribution in [0.25, 0.3) is 0 Å². The van der Waals surface area contributed by atoms with E-state index < -0.39 is 29.8 Å². The third-order valence-electron chi connectivity index (χ3n) is 6.30. The Morgan fingerprint density at radius 2 is 1.73 bits per heavy atom. The minimum absolute atomic E-state index is 0.0779. The number of nitrogens with one attached hydrogen (secondary N) is 3. The highest BCUT2D eigenvalue weighted by Gasteiger charge is 2.49. The van der Waals surface area contributed by atoms with Crippen molar-refractivity contribution in [3.05, 3.63) is 12.7 Å². The average Bonchev–Trinajstić information content (AvgIpc) is 3.16. The second-order valence-electron chi connectivity index (χ2n) is 11.0. The molecule has 0 aromatic heterocycles. The van der Waals surface area contributed by atoms with E-state index in [4.69, 9.17) is 0 Å². The first kappa shape index (κ1) is 28.8. The third-order valence-corrected chi connectivity index (χ3v) is 6.30. The maximum atomic E-state index is 13.6. The Hall–Kier alpha value is -2.22. The zero-order valence-corrected chi connectivity index (χ0v) is 21.7. The smallest absolute Gasteiger partial charge is 0.289 e. The summed E-state index contributed by atoms with van der Waals surface area (Å²) in [6.45, 7) is 18.2. The number of Topliss-reactive ketones (excluding diaryl/α,β-unsaturated/α-hetero) is 1. The van der Waals surface area contributed by atoms with Gasteiger partial charge in [-0.1, -0.05) is 61.0 Å². The molecule has 0 aromatic rings. The van der Waals surface area contributed by atoms with Gasteiger partial charge in [0.15, 0.2) is 0 Å². The number of carbonyl (C=O) groups is 4. The molecular weight excluding hydrogens is 420 g/mol. The Labute approximate surface area is 199 Å². The van der Waals surface area contributed by atoms with Crippen molar-refractivity contribution in [1.82, 2.24) is 20.9 Å². The van der Waals surface area contributed by atoms with Crippen molar-refractivity contribution in [2.75, 3.05) is 20.1 Å². The second-order valence-corrected chi connectivity index (χ2v) is 11.0. The zero-order valence-electron chi connectivity index (χ0n) is 21.7. The highest BCUT2D eigenvalue weighted by Crippen LogP contribution is 2.39. The molecule has 1 fully saturated rings. The van der Waals surface area contributed by atoms with E-state index in [2.05, 4.69) is 43.3 Å². The molecule has 0 bridgehead atoms. The predicted molar refractivity (Wildman–Crippen MR) is 130 cm³/mol. The lowest BCUT2D eigenvalue weighted by Gasteiger charge is -2.38. The first-order valence-corrected chi connectivity index (χ1v) is 11.9. The lowest BCUT2D eigenvalue weighted by molar-refractivity contribution is -0.145. The standard InChI is InChI=1S/C25H44N4O4/c1-10-12-17(19(30)22(32)27-14-11-2)28-21(31)18-16(24(3,4)5)13-15-29(18)23(33)20(26-9)25(6,7)8/h11,16-18,20,26H,2,10,12-15H2,1,3-9H3,(H,27,32)(H,28,31)/t16?,17?,18-,20?/m0/s1. The molecule has 188 valence electrons. The molecule has 1 saturated heterocycles. The van der Waals surface area contributed by atoms with Crippen molar-refractivity contribution >= 4 is 23.5 Å². The molecule has 8 heteroatoms. The quantitative estimate of drug-likeness (QED) is 0.339. The topological polar surface area (TPSA) is 108 Å². The van der Waals surface area contributed by atoms with Crippen LogP contribution in [0.4, 0.5) is 0 Å². The summed E-state index contributed by atoms with van der Waals surface area (Å²) in [4.78, 5) is 53.7. The van der Waals surface area contributed by atoms with Gasteiger partial charge in [-0.15, -0.1) is 6.58 Å². The molecule has 1 rings (SSSR count). The number of carbonyl (C=O) groups excluding carboxylic acids is 4. The molecule has 0 aliphatic carbocycles. The van der Waals surface area contributed by atoms with Crippen LogP contribution in [0.15, 0.2) is 12.7 Å². The van der Waals surface area contributed by atoms with Crippen LogP contribution in [0.2, 0.25) is 0 Å². The molecule has 0 saturated carbocycles. The van der Waals surface area contributed by atoms with Gasteiger partial charge in [-0.25, -0.2) is 0 Å². The van der Waals surface area contributed by atoms with E-state index in [1.807, 2.05) is 27.7 Å². The Balaban J connectivity index is 3.24. The van der Waals surface area contributed by atoms with Crippen LogP contribution in [0.5, 0.6) is 0 Å². The highest BCUT2D eigenvalue weighted by molar-refractivity contribution is 6.38. The van der Waals surface area contributed by atoms with E-state index >= 15 is 0 Å². The van der Waals surface area contributed by atoms with Gasteiger partial charge in [0.1, 0.15) is 6.04 Å². The monoisotopic (exact) mass is 464 g/mol. The number of nitrogens with zero attached hydrogens (tertiary/aromatic N) is 1. The van der Waals surface area contributed by atoms with Crippen LogP contribution in [-0.2, 0) is 19.2 Å². The van der Waals surface area contributed by atoms with Crippen molar-refractivity contribution in [2.45, 2.75) is 85.9 Å². The zero-order chi connectivity index (χ0) is 25.6. The van der Waals surface area contributed by atoms with Crippen LogP contribution in [0.1, 0.15) is 67.7 Å². The number of hydrogen-bond donors (Lipinski definition) is 3. The molecule has 4 atom stereocenters. The van der Waals surface area contributed by atoms with Gasteiger partial charge in [0.25, 0.3) is 5.91 Å². The largest absolute Gasteiger partial charge is 0.346 e. The Morgan fingerprint density at radius 1 is 1.12 bits per heavy atom. The molecule has 33 heavy (non-hydrogen) atoms. The number of hydrogen-bond acceptors (Lipinski definition) is 5. The molecule has 0 radical (unpaired) electrons. The number of rotatable bonds is 10. The molecule has 3 N–H and O–H groups in total. The Bertz CT molecular complexity index is 736. The maximum absolute atomic E-state index is 13.6. The van der Waals surface area contributed by atoms with E-state index in [-0.39, 0.29) is 35.1 Å². The molecule has 3 unspecified atom stereocenters. The maximum Gasteiger partial charge on any atom is 0.289 e. The lowest BCUT2D eigenvalue weighted by Crippen LogP contribution is -2.59. The van der Waals surface area contributed by atoms with E-state index in [1.54, 1.807) is 11.9 Å². The van der Waals surface area contributed by atoms with Gasteiger partial charge in [-0.2, -0.15) is 0 Å². The fourth-order valence-electron chi connectivity index (χ4n) is 4.59. The van der Waals surface area contributed by atoms with Gasteiger partial charge < -0.3 is 20.9 Å². The van der Waals surface area contributed by atoms with Crippen molar-refractivity contribution in [3.63, 3.8) is 0 Å². The molecule has 1 heterocycles. The predicted octanol–water partition coefficient (Wildman–Crippen LogP) is 2.04. The molecule has 8 nitrogen and oxygen atoms in total. The summed E-state index contributed by atoms with van der Waals surface area (Å²) in [6.07, 6.45) is 3.14. The summed E-state index contributed by atoms with van der Waals surface area (Å²) >= 11 is 0.